The van der Waals surface area contributed by atoms with Gasteiger partial charge in [-0.2, -0.15) is 0 Å². The Morgan fingerprint density at radius 2 is 2.00 bits per heavy atom. The van der Waals surface area contributed by atoms with E-state index in [0.717, 1.165) is 39.1 Å². The summed E-state index contributed by atoms with van der Waals surface area (Å²) in [4.78, 5) is 2.22. The van der Waals surface area contributed by atoms with Crippen molar-refractivity contribution in [3.8, 4) is 0 Å². The summed E-state index contributed by atoms with van der Waals surface area (Å²) >= 11 is 0. The number of aliphatic hydroxyl groups excluding tert-OH is 1. The molecule has 2 saturated heterocycles. The maximum absolute atomic E-state index is 8.60. The largest absolute Gasteiger partial charge is 0.395 e. The van der Waals surface area contributed by atoms with Gasteiger partial charge in [-0.25, -0.2) is 0 Å². The summed E-state index contributed by atoms with van der Waals surface area (Å²) in [6.45, 7) is 5.27. The molecule has 2 rings (SSSR count). The Bertz CT molecular complexity index is 187. The lowest BCUT2D eigenvalue weighted by molar-refractivity contribution is 0.105. The Balaban J connectivity index is 0.000000181. The van der Waals surface area contributed by atoms with E-state index in [4.69, 9.17) is 14.6 Å². The fourth-order valence-electron chi connectivity index (χ4n) is 2.16. The first-order valence-electron chi connectivity index (χ1n) is 6.39. The first-order chi connectivity index (χ1) is 8.30. The lowest BCUT2D eigenvalue weighted by Gasteiger charge is -2.12. The van der Waals surface area contributed by atoms with Gasteiger partial charge in [-0.3, -0.25) is 4.90 Å². The molecular weight excluding hydrogens is 220 g/mol. The van der Waals surface area contributed by atoms with Crippen LogP contribution in [0.3, 0.4) is 0 Å². The summed E-state index contributed by atoms with van der Waals surface area (Å²) in [6, 6.07) is 0. The smallest absolute Gasteiger partial charge is 0.0710 e. The zero-order chi connectivity index (χ0) is 12.5. The van der Waals surface area contributed by atoms with Crippen LogP contribution >= 0.6 is 0 Å². The highest BCUT2D eigenvalue weighted by molar-refractivity contribution is 4.74. The molecule has 102 valence electrons. The molecule has 5 heteroatoms. The van der Waals surface area contributed by atoms with Crippen molar-refractivity contribution in [1.82, 2.24) is 10.2 Å². The molecule has 0 radical (unpaired) electrons. The number of hydrogen-bond donors (Lipinski definition) is 2. The molecule has 0 aromatic rings. The van der Waals surface area contributed by atoms with Crippen molar-refractivity contribution >= 4 is 0 Å². The van der Waals surface area contributed by atoms with E-state index in [1.165, 1.54) is 6.42 Å². The van der Waals surface area contributed by atoms with Crippen LogP contribution in [0.4, 0.5) is 0 Å². The average molecular weight is 246 g/mol. The van der Waals surface area contributed by atoms with Gasteiger partial charge in [0.15, 0.2) is 0 Å². The predicted octanol–water partition coefficient (Wildman–Crippen LogP) is -0.306. The van der Waals surface area contributed by atoms with Gasteiger partial charge in [-0.1, -0.05) is 0 Å². The molecule has 2 aliphatic rings. The highest BCUT2D eigenvalue weighted by Crippen LogP contribution is 2.10. The number of nitrogens with one attached hydrogen (secondary N) is 1. The Labute approximate surface area is 104 Å². The molecular formula is C12H26N2O3. The van der Waals surface area contributed by atoms with Crippen LogP contribution in [-0.4, -0.2) is 75.8 Å². The SMILES string of the molecule is COC1CCN(CCO)C1.COC1CCNC1. The number of aliphatic hydroxyl groups is 1. The summed E-state index contributed by atoms with van der Waals surface area (Å²) in [5.74, 6) is 0. The van der Waals surface area contributed by atoms with Gasteiger partial charge in [0, 0.05) is 40.4 Å². The molecule has 0 aromatic carbocycles. The van der Waals surface area contributed by atoms with Crippen LogP contribution < -0.4 is 5.32 Å². The Kier molecular flexibility index (Phi) is 7.72. The van der Waals surface area contributed by atoms with E-state index in [2.05, 4.69) is 10.2 Å². The Morgan fingerprint density at radius 1 is 1.24 bits per heavy atom. The number of nitrogens with zero attached hydrogens (tertiary/aromatic N) is 1. The highest BCUT2D eigenvalue weighted by atomic mass is 16.5. The third kappa shape index (κ3) is 5.79. The van der Waals surface area contributed by atoms with Crippen LogP contribution in [0.15, 0.2) is 0 Å². The van der Waals surface area contributed by atoms with E-state index in [1.54, 1.807) is 14.2 Å². The van der Waals surface area contributed by atoms with E-state index in [0.29, 0.717) is 12.2 Å². The molecule has 0 saturated carbocycles. The van der Waals surface area contributed by atoms with Crippen LogP contribution in [-0.2, 0) is 9.47 Å². The van der Waals surface area contributed by atoms with Crippen LogP contribution in [0.1, 0.15) is 12.8 Å². The normalized spacial score (nSPS) is 29.1. The molecule has 0 aliphatic carbocycles. The second-order valence-corrected chi connectivity index (χ2v) is 4.52. The Hall–Kier alpha value is -0.200. The molecule has 17 heavy (non-hydrogen) atoms. The molecule has 2 unspecified atom stereocenters. The van der Waals surface area contributed by atoms with Gasteiger partial charge >= 0.3 is 0 Å². The van der Waals surface area contributed by atoms with Crippen LogP contribution in [0, 0.1) is 0 Å². The minimum Gasteiger partial charge on any atom is -0.395 e. The molecule has 0 bridgehead atoms. The van der Waals surface area contributed by atoms with Crippen LogP contribution in [0.25, 0.3) is 0 Å². The highest BCUT2D eigenvalue weighted by Gasteiger charge is 2.20. The molecule has 2 fully saturated rings. The molecule has 0 aromatic heterocycles. The fraction of sp³-hybridized carbons (Fsp3) is 1.00. The summed E-state index contributed by atoms with van der Waals surface area (Å²) in [7, 11) is 3.50. The zero-order valence-corrected chi connectivity index (χ0v) is 11.0. The number of β-amino-alcohol motifs (C(OH)–C–C–N with tert-alkyl or cyclic N) is 1. The van der Waals surface area contributed by atoms with Gasteiger partial charge in [0.05, 0.1) is 18.8 Å². The van der Waals surface area contributed by atoms with Crippen molar-refractivity contribution in [2.24, 2.45) is 0 Å². The number of ether oxygens (including phenoxy) is 2. The zero-order valence-electron chi connectivity index (χ0n) is 11.0. The number of methoxy groups -OCH3 is 2. The molecule has 2 atom stereocenters. The van der Waals surface area contributed by atoms with Crippen LogP contribution in [0.5, 0.6) is 0 Å². The van der Waals surface area contributed by atoms with Crippen molar-refractivity contribution < 1.29 is 14.6 Å². The summed E-state index contributed by atoms with van der Waals surface area (Å²) < 4.78 is 10.2. The van der Waals surface area contributed by atoms with E-state index in [-0.39, 0.29) is 6.61 Å². The summed E-state index contributed by atoms with van der Waals surface area (Å²) in [5.41, 5.74) is 0. The first-order valence-corrected chi connectivity index (χ1v) is 6.39. The molecule has 0 spiro atoms. The summed E-state index contributed by atoms with van der Waals surface area (Å²) in [6.07, 6.45) is 3.17. The van der Waals surface area contributed by atoms with Crippen molar-refractivity contribution in [2.75, 3.05) is 53.6 Å². The van der Waals surface area contributed by atoms with Crippen molar-refractivity contribution in [3.63, 3.8) is 0 Å². The minimum atomic E-state index is 0.260. The maximum atomic E-state index is 8.60. The molecule has 0 amide bonds. The van der Waals surface area contributed by atoms with Crippen LogP contribution in [0.2, 0.25) is 0 Å². The van der Waals surface area contributed by atoms with Gasteiger partial charge in [0.2, 0.25) is 0 Å². The average Bonchev–Trinajstić information content (AvgIpc) is 3.01. The van der Waals surface area contributed by atoms with Gasteiger partial charge in [-0.05, 0) is 19.4 Å². The predicted molar refractivity (Wildman–Crippen MR) is 67.2 cm³/mol. The maximum Gasteiger partial charge on any atom is 0.0710 e. The number of likely N-dealkylation sites (tertiary alicyclic amines) is 1. The standard InChI is InChI=1S/C7H15NO2.C5H11NO/c1-10-7-2-3-8(6-7)4-5-9;1-7-5-2-3-6-4-5/h7,9H,2-6H2,1H3;5-6H,2-4H2,1H3. The van der Waals surface area contributed by atoms with Gasteiger partial charge in [0.1, 0.15) is 0 Å². The van der Waals surface area contributed by atoms with Crippen molar-refractivity contribution in [2.45, 2.75) is 25.0 Å². The second-order valence-electron chi connectivity index (χ2n) is 4.52. The quantitative estimate of drug-likeness (QED) is 0.713. The van der Waals surface area contributed by atoms with E-state index < -0.39 is 0 Å². The first kappa shape index (κ1) is 14.9. The molecule has 2 N–H and O–H groups in total. The monoisotopic (exact) mass is 246 g/mol. The van der Waals surface area contributed by atoms with E-state index >= 15 is 0 Å². The molecule has 2 aliphatic heterocycles. The second kappa shape index (κ2) is 8.83. The van der Waals surface area contributed by atoms with Gasteiger partial charge in [-0.15, -0.1) is 0 Å². The number of rotatable bonds is 4. The third-order valence-electron chi connectivity index (χ3n) is 3.33. The molecule has 2 heterocycles. The lowest BCUT2D eigenvalue weighted by Crippen LogP contribution is -2.25. The van der Waals surface area contributed by atoms with E-state index in [1.807, 2.05) is 0 Å². The fourth-order valence-corrected chi connectivity index (χ4v) is 2.16. The topological polar surface area (TPSA) is 54.0 Å². The third-order valence-corrected chi connectivity index (χ3v) is 3.33. The van der Waals surface area contributed by atoms with Crippen molar-refractivity contribution in [1.29, 1.82) is 0 Å². The summed E-state index contributed by atoms with van der Waals surface area (Å²) in [5, 5.41) is 11.8. The number of hydrogen-bond acceptors (Lipinski definition) is 5. The van der Waals surface area contributed by atoms with Crippen molar-refractivity contribution in [3.05, 3.63) is 0 Å². The van der Waals surface area contributed by atoms with Gasteiger partial charge in [0.25, 0.3) is 0 Å². The molecule has 5 nitrogen and oxygen atoms in total. The van der Waals surface area contributed by atoms with E-state index in [9.17, 15) is 0 Å². The minimum absolute atomic E-state index is 0.260. The lowest BCUT2D eigenvalue weighted by atomic mass is 10.3. The van der Waals surface area contributed by atoms with Gasteiger partial charge < -0.3 is 19.9 Å². The Morgan fingerprint density at radius 3 is 2.41 bits per heavy atom.